The Balaban J connectivity index is 1.87. The minimum atomic E-state index is -0.505. The molecule has 2 amide bonds. The van der Waals surface area contributed by atoms with Crippen LogP contribution < -0.4 is 10.1 Å². The maximum Gasteiger partial charge on any atom is 0.258 e. The summed E-state index contributed by atoms with van der Waals surface area (Å²) in [6, 6.07) is 6.29. The Hall–Kier alpha value is -1.75. The lowest BCUT2D eigenvalue weighted by molar-refractivity contribution is -0.137. The molecule has 0 aliphatic carbocycles. The number of nitrogens with one attached hydrogen (secondary N) is 1. The molecule has 6 heteroatoms. The Bertz CT molecular complexity index is 539. The van der Waals surface area contributed by atoms with Gasteiger partial charge in [-0.15, -0.1) is 0 Å². The van der Waals surface area contributed by atoms with Gasteiger partial charge in [-0.25, -0.2) is 0 Å². The van der Waals surface area contributed by atoms with Gasteiger partial charge in [-0.3, -0.25) is 9.59 Å². The summed E-state index contributed by atoms with van der Waals surface area (Å²) >= 11 is 5.80. The van der Waals surface area contributed by atoms with Crippen molar-refractivity contribution < 1.29 is 14.3 Å². The van der Waals surface area contributed by atoms with Gasteiger partial charge in [-0.2, -0.15) is 0 Å². The van der Waals surface area contributed by atoms with E-state index in [1.807, 2.05) is 18.7 Å². The summed E-state index contributed by atoms with van der Waals surface area (Å²) in [5.41, 5.74) is 0. The van der Waals surface area contributed by atoms with Gasteiger partial charge in [-0.1, -0.05) is 25.4 Å². The number of ether oxygens (including phenoxy) is 1. The number of carbonyl (C=O) groups excluding carboxylic acids is 2. The molecule has 1 atom stereocenters. The second-order valence-corrected chi connectivity index (χ2v) is 6.50. The van der Waals surface area contributed by atoms with Crippen LogP contribution in [0.5, 0.6) is 5.75 Å². The standard InChI is InChI=1S/C17H23ClN2O3/c1-12(2)16(17(22)20-9-3-4-10-20)19-15(21)11-23-14-7-5-13(18)6-8-14/h5-8,12,16H,3-4,9-11H2,1-2H3,(H,19,21)/t16-/m1/s1. The zero-order valence-electron chi connectivity index (χ0n) is 13.5. The number of hydrogen-bond acceptors (Lipinski definition) is 3. The number of carbonyl (C=O) groups is 2. The topological polar surface area (TPSA) is 58.6 Å². The number of benzene rings is 1. The molecule has 1 aliphatic heterocycles. The number of likely N-dealkylation sites (tertiary alicyclic amines) is 1. The fraction of sp³-hybridized carbons (Fsp3) is 0.529. The summed E-state index contributed by atoms with van der Waals surface area (Å²) in [7, 11) is 0. The molecule has 1 aromatic rings. The minimum Gasteiger partial charge on any atom is -0.484 e. The van der Waals surface area contributed by atoms with Gasteiger partial charge in [0.2, 0.25) is 5.91 Å². The van der Waals surface area contributed by atoms with Crippen LogP contribution in [0.25, 0.3) is 0 Å². The van der Waals surface area contributed by atoms with Gasteiger partial charge < -0.3 is 15.0 Å². The Morgan fingerprint density at radius 3 is 2.39 bits per heavy atom. The molecule has 1 saturated heterocycles. The highest BCUT2D eigenvalue weighted by Crippen LogP contribution is 2.16. The molecule has 0 radical (unpaired) electrons. The van der Waals surface area contributed by atoms with Gasteiger partial charge >= 0.3 is 0 Å². The molecule has 5 nitrogen and oxygen atoms in total. The Kier molecular flexibility index (Phi) is 6.28. The summed E-state index contributed by atoms with van der Waals surface area (Å²) in [6.45, 7) is 5.29. The summed E-state index contributed by atoms with van der Waals surface area (Å²) in [5, 5.41) is 3.40. The average molecular weight is 339 g/mol. The second-order valence-electron chi connectivity index (χ2n) is 6.06. The third kappa shape index (κ3) is 5.13. The molecule has 1 N–H and O–H groups in total. The van der Waals surface area contributed by atoms with Gasteiger partial charge in [0.05, 0.1) is 0 Å². The molecular weight excluding hydrogens is 316 g/mol. The van der Waals surface area contributed by atoms with Gasteiger partial charge in [0, 0.05) is 18.1 Å². The van der Waals surface area contributed by atoms with Crippen LogP contribution in [-0.4, -0.2) is 42.5 Å². The van der Waals surface area contributed by atoms with E-state index in [4.69, 9.17) is 16.3 Å². The molecule has 126 valence electrons. The van der Waals surface area contributed by atoms with Gasteiger partial charge in [0.25, 0.3) is 5.91 Å². The van der Waals surface area contributed by atoms with E-state index in [0.29, 0.717) is 10.8 Å². The normalized spacial score (nSPS) is 15.6. The molecule has 0 bridgehead atoms. The lowest BCUT2D eigenvalue weighted by atomic mass is 10.0. The SMILES string of the molecule is CC(C)[C@@H](NC(=O)COc1ccc(Cl)cc1)C(=O)N1CCCC1. The number of halogens is 1. The van der Waals surface area contributed by atoms with Crippen molar-refractivity contribution in [2.24, 2.45) is 5.92 Å². The molecule has 2 rings (SSSR count). The first-order valence-electron chi connectivity index (χ1n) is 7.94. The lowest BCUT2D eigenvalue weighted by Gasteiger charge is -2.26. The highest BCUT2D eigenvalue weighted by molar-refractivity contribution is 6.30. The monoisotopic (exact) mass is 338 g/mol. The van der Waals surface area contributed by atoms with E-state index in [9.17, 15) is 9.59 Å². The predicted octanol–water partition coefficient (Wildman–Crippen LogP) is 2.48. The molecular formula is C17H23ClN2O3. The van der Waals surface area contributed by atoms with Crippen molar-refractivity contribution in [3.8, 4) is 5.75 Å². The van der Waals surface area contributed by atoms with Gasteiger partial charge in [0.15, 0.2) is 6.61 Å². The van der Waals surface area contributed by atoms with Crippen molar-refractivity contribution in [3.63, 3.8) is 0 Å². The molecule has 23 heavy (non-hydrogen) atoms. The van der Waals surface area contributed by atoms with Crippen molar-refractivity contribution in [2.75, 3.05) is 19.7 Å². The van der Waals surface area contributed by atoms with Crippen LogP contribution in [0.15, 0.2) is 24.3 Å². The van der Waals surface area contributed by atoms with Crippen molar-refractivity contribution in [1.82, 2.24) is 10.2 Å². The quantitative estimate of drug-likeness (QED) is 0.867. The maximum absolute atomic E-state index is 12.5. The Labute approximate surface area is 141 Å². The van der Waals surface area contributed by atoms with E-state index in [2.05, 4.69) is 5.32 Å². The molecule has 0 saturated carbocycles. The Morgan fingerprint density at radius 1 is 1.22 bits per heavy atom. The number of rotatable bonds is 6. The molecule has 1 aliphatic rings. The van der Waals surface area contributed by atoms with Crippen LogP contribution in [-0.2, 0) is 9.59 Å². The van der Waals surface area contributed by atoms with E-state index in [-0.39, 0.29) is 24.3 Å². The van der Waals surface area contributed by atoms with Crippen molar-refractivity contribution in [1.29, 1.82) is 0 Å². The zero-order valence-corrected chi connectivity index (χ0v) is 14.3. The van der Waals surface area contributed by atoms with Gasteiger partial charge in [-0.05, 0) is 43.0 Å². The molecule has 1 aromatic carbocycles. The summed E-state index contributed by atoms with van der Waals surface area (Å²) in [4.78, 5) is 26.4. The first kappa shape index (κ1) is 17.6. The third-order valence-corrected chi connectivity index (χ3v) is 4.10. The van der Waals surface area contributed by atoms with Crippen LogP contribution in [0, 0.1) is 5.92 Å². The largest absolute Gasteiger partial charge is 0.484 e. The number of amides is 2. The third-order valence-electron chi connectivity index (χ3n) is 3.85. The summed E-state index contributed by atoms with van der Waals surface area (Å²) in [6.07, 6.45) is 2.06. The van der Waals surface area contributed by atoms with Crippen molar-refractivity contribution in [2.45, 2.75) is 32.7 Å². The fourth-order valence-electron chi connectivity index (χ4n) is 2.54. The van der Waals surface area contributed by atoms with E-state index < -0.39 is 6.04 Å². The molecule has 0 spiro atoms. The minimum absolute atomic E-state index is 0.00246. The first-order chi connectivity index (χ1) is 11.0. The van der Waals surface area contributed by atoms with Gasteiger partial charge in [0.1, 0.15) is 11.8 Å². The highest BCUT2D eigenvalue weighted by Gasteiger charge is 2.29. The van der Waals surface area contributed by atoms with E-state index in [0.717, 1.165) is 25.9 Å². The molecule has 1 heterocycles. The van der Waals surface area contributed by atoms with Crippen LogP contribution in [0.1, 0.15) is 26.7 Å². The summed E-state index contributed by atoms with van der Waals surface area (Å²) in [5.74, 6) is 0.294. The van der Waals surface area contributed by atoms with Crippen molar-refractivity contribution >= 4 is 23.4 Å². The maximum atomic E-state index is 12.5. The predicted molar refractivity (Wildman–Crippen MR) is 89.5 cm³/mol. The molecule has 0 aromatic heterocycles. The first-order valence-corrected chi connectivity index (χ1v) is 8.31. The van der Waals surface area contributed by atoms with Crippen molar-refractivity contribution in [3.05, 3.63) is 29.3 Å². The average Bonchev–Trinajstić information content (AvgIpc) is 3.05. The highest BCUT2D eigenvalue weighted by atomic mass is 35.5. The molecule has 1 fully saturated rings. The molecule has 0 unspecified atom stereocenters. The van der Waals surface area contributed by atoms with Crippen LogP contribution >= 0.6 is 11.6 Å². The summed E-state index contributed by atoms with van der Waals surface area (Å²) < 4.78 is 5.41. The smallest absolute Gasteiger partial charge is 0.258 e. The van der Waals surface area contributed by atoms with E-state index in [1.165, 1.54) is 0 Å². The van der Waals surface area contributed by atoms with Crippen LogP contribution in [0.4, 0.5) is 0 Å². The number of nitrogens with zero attached hydrogens (tertiary/aromatic N) is 1. The zero-order chi connectivity index (χ0) is 16.8. The van der Waals surface area contributed by atoms with Crippen LogP contribution in [0.2, 0.25) is 5.02 Å². The lowest BCUT2D eigenvalue weighted by Crippen LogP contribution is -2.51. The second kappa shape index (κ2) is 8.20. The Morgan fingerprint density at radius 2 is 1.83 bits per heavy atom. The van der Waals surface area contributed by atoms with E-state index in [1.54, 1.807) is 24.3 Å². The number of hydrogen-bond donors (Lipinski definition) is 1. The van der Waals surface area contributed by atoms with Crippen LogP contribution in [0.3, 0.4) is 0 Å². The van der Waals surface area contributed by atoms with E-state index >= 15 is 0 Å². The fourth-order valence-corrected chi connectivity index (χ4v) is 2.67.